The summed E-state index contributed by atoms with van der Waals surface area (Å²) in [6.45, 7) is 7.31. The highest BCUT2D eigenvalue weighted by Crippen LogP contribution is 2.71. The van der Waals surface area contributed by atoms with E-state index < -0.39 is 0 Å². The lowest BCUT2D eigenvalue weighted by atomic mass is 9.58. The molecule has 1 spiro atoms. The molecular formula is C23H33NO4. The van der Waals surface area contributed by atoms with Gasteiger partial charge in [-0.3, -0.25) is 4.79 Å². The van der Waals surface area contributed by atoms with Gasteiger partial charge in [-0.1, -0.05) is 32.9 Å². The maximum Gasteiger partial charge on any atom is 0.219 e. The summed E-state index contributed by atoms with van der Waals surface area (Å²) in [6, 6.07) is 6.23. The van der Waals surface area contributed by atoms with Crippen molar-refractivity contribution < 1.29 is 19.0 Å². The van der Waals surface area contributed by atoms with Gasteiger partial charge in [-0.2, -0.15) is 0 Å². The third-order valence-corrected chi connectivity index (χ3v) is 7.87. The number of benzene rings is 1. The zero-order valence-electron chi connectivity index (χ0n) is 17.7. The van der Waals surface area contributed by atoms with Crippen molar-refractivity contribution in [1.82, 2.24) is 5.32 Å². The molecule has 28 heavy (non-hydrogen) atoms. The van der Waals surface area contributed by atoms with Crippen molar-refractivity contribution in [2.24, 2.45) is 22.7 Å². The van der Waals surface area contributed by atoms with Gasteiger partial charge in [0.05, 0.1) is 20.3 Å². The molecule has 1 N–H and O–H groups in total. The molecule has 5 heteroatoms. The molecule has 5 atom stereocenters. The van der Waals surface area contributed by atoms with Crippen molar-refractivity contribution >= 4 is 5.91 Å². The number of nitrogens with one attached hydrogen (secondary N) is 1. The molecule has 0 unspecified atom stereocenters. The molecule has 4 rings (SSSR count). The van der Waals surface area contributed by atoms with E-state index in [9.17, 15) is 4.79 Å². The van der Waals surface area contributed by atoms with Crippen LogP contribution >= 0.6 is 0 Å². The number of fused-ring (bicyclic) bond motifs is 1. The van der Waals surface area contributed by atoms with Gasteiger partial charge in [-0.05, 0) is 48.0 Å². The fraction of sp³-hybridized carbons (Fsp3) is 0.696. The van der Waals surface area contributed by atoms with Gasteiger partial charge in [0.15, 0.2) is 11.5 Å². The average Bonchev–Trinajstić information content (AvgIpc) is 3.19. The number of hydrogen-bond acceptors (Lipinski definition) is 4. The highest BCUT2D eigenvalue weighted by atomic mass is 16.5. The zero-order chi connectivity index (χ0) is 20.1. The molecule has 1 heterocycles. The second kappa shape index (κ2) is 6.94. The van der Waals surface area contributed by atoms with Crippen LogP contribution in [0.5, 0.6) is 11.5 Å². The van der Waals surface area contributed by atoms with Crippen molar-refractivity contribution in [2.45, 2.75) is 58.6 Å². The number of carbonyl (C=O) groups is 1. The Morgan fingerprint density at radius 3 is 2.75 bits per heavy atom. The lowest BCUT2D eigenvalue weighted by Crippen LogP contribution is -2.58. The van der Waals surface area contributed by atoms with Crippen LogP contribution in [0.1, 0.15) is 58.1 Å². The lowest BCUT2D eigenvalue weighted by molar-refractivity contribution is -0.137. The predicted octanol–water partition coefficient (Wildman–Crippen LogP) is 4.11. The van der Waals surface area contributed by atoms with Crippen LogP contribution in [0.25, 0.3) is 0 Å². The molecule has 2 bridgehead atoms. The summed E-state index contributed by atoms with van der Waals surface area (Å²) >= 11 is 0. The number of hydrogen-bond donors (Lipinski definition) is 1. The Morgan fingerprint density at radius 2 is 2.07 bits per heavy atom. The van der Waals surface area contributed by atoms with Gasteiger partial charge in [0.2, 0.25) is 5.91 Å². The molecular weight excluding hydrogens is 354 g/mol. The summed E-state index contributed by atoms with van der Waals surface area (Å²) < 4.78 is 17.6. The first-order chi connectivity index (χ1) is 13.4. The first-order valence-corrected chi connectivity index (χ1v) is 10.5. The fourth-order valence-corrected chi connectivity index (χ4v) is 6.49. The lowest BCUT2D eigenvalue weighted by Gasteiger charge is -2.53. The van der Waals surface area contributed by atoms with Gasteiger partial charge in [0.1, 0.15) is 0 Å². The third-order valence-electron chi connectivity index (χ3n) is 7.87. The van der Waals surface area contributed by atoms with E-state index in [1.807, 2.05) is 19.1 Å². The Bertz CT molecular complexity index is 761. The summed E-state index contributed by atoms with van der Waals surface area (Å²) in [7, 11) is 3.36. The van der Waals surface area contributed by atoms with Crippen LogP contribution < -0.4 is 14.8 Å². The van der Waals surface area contributed by atoms with Gasteiger partial charge < -0.3 is 19.5 Å². The number of methoxy groups -OCH3 is 2. The largest absolute Gasteiger partial charge is 0.493 e. The zero-order valence-corrected chi connectivity index (χ0v) is 17.7. The molecule has 1 aromatic carbocycles. The molecule has 2 saturated carbocycles. The molecule has 0 radical (unpaired) electrons. The molecule has 1 aliphatic heterocycles. The van der Waals surface area contributed by atoms with E-state index in [0.717, 1.165) is 29.9 Å². The van der Waals surface area contributed by atoms with Crippen molar-refractivity contribution in [3.63, 3.8) is 0 Å². The van der Waals surface area contributed by atoms with Gasteiger partial charge >= 0.3 is 0 Å². The molecule has 1 saturated heterocycles. The smallest absolute Gasteiger partial charge is 0.219 e. The van der Waals surface area contributed by atoms with E-state index in [1.165, 1.54) is 6.42 Å². The molecule has 3 aliphatic rings. The van der Waals surface area contributed by atoms with E-state index in [0.29, 0.717) is 24.9 Å². The Balaban J connectivity index is 1.74. The Hall–Kier alpha value is -1.75. The topological polar surface area (TPSA) is 56.8 Å². The second-order valence-electron chi connectivity index (χ2n) is 9.28. The van der Waals surface area contributed by atoms with Gasteiger partial charge in [0.25, 0.3) is 0 Å². The predicted molar refractivity (Wildman–Crippen MR) is 108 cm³/mol. The number of rotatable bonds is 5. The minimum Gasteiger partial charge on any atom is -0.493 e. The quantitative estimate of drug-likeness (QED) is 0.826. The van der Waals surface area contributed by atoms with Crippen molar-refractivity contribution in [3.05, 3.63) is 23.8 Å². The van der Waals surface area contributed by atoms with Gasteiger partial charge in [-0.15, -0.1) is 0 Å². The summed E-state index contributed by atoms with van der Waals surface area (Å²) in [5, 5.41) is 3.41. The number of ether oxygens (including phenoxy) is 3. The van der Waals surface area contributed by atoms with Crippen LogP contribution in [-0.2, 0) is 9.53 Å². The molecule has 2 aliphatic carbocycles. The standard InChI is InChI=1S/C23H33NO4/c1-6-18(25)24-21-22(2,3)14-12-16-19(28-11-10-23(16,21)13-14)15-8-7-9-17(26-4)20(15)27-5/h7-9,14,16,19,21H,6,10-13H2,1-5H3,(H,24,25)/t14-,16-,19-,21+,23-/m1/s1. The average molecular weight is 388 g/mol. The molecule has 1 amide bonds. The van der Waals surface area contributed by atoms with Crippen LogP contribution in [0, 0.1) is 22.7 Å². The normalized spacial score (nSPS) is 35.3. The number of amides is 1. The highest BCUT2D eigenvalue weighted by Gasteiger charge is 2.68. The molecule has 5 nitrogen and oxygen atoms in total. The van der Waals surface area contributed by atoms with E-state index in [1.54, 1.807) is 14.2 Å². The number of para-hydroxylation sites is 1. The van der Waals surface area contributed by atoms with Crippen molar-refractivity contribution in [1.29, 1.82) is 0 Å². The molecule has 154 valence electrons. The van der Waals surface area contributed by atoms with Crippen molar-refractivity contribution in [2.75, 3.05) is 20.8 Å². The van der Waals surface area contributed by atoms with Crippen LogP contribution in [-0.4, -0.2) is 32.8 Å². The summed E-state index contributed by atoms with van der Waals surface area (Å²) in [5.41, 5.74) is 1.27. The van der Waals surface area contributed by atoms with E-state index in [2.05, 4.69) is 25.2 Å². The first-order valence-electron chi connectivity index (χ1n) is 10.5. The first kappa shape index (κ1) is 19.6. The Kier molecular flexibility index (Phi) is 4.85. The van der Waals surface area contributed by atoms with Gasteiger partial charge in [-0.25, -0.2) is 0 Å². The maximum atomic E-state index is 12.4. The van der Waals surface area contributed by atoms with Crippen LogP contribution in [0.4, 0.5) is 0 Å². The Labute approximate surface area is 168 Å². The monoisotopic (exact) mass is 387 g/mol. The molecule has 1 aromatic rings. The van der Waals surface area contributed by atoms with E-state index >= 15 is 0 Å². The second-order valence-corrected chi connectivity index (χ2v) is 9.28. The Morgan fingerprint density at radius 1 is 1.29 bits per heavy atom. The maximum absolute atomic E-state index is 12.4. The number of carbonyl (C=O) groups excluding carboxylic acids is 1. The van der Waals surface area contributed by atoms with Crippen LogP contribution in [0.15, 0.2) is 18.2 Å². The summed E-state index contributed by atoms with van der Waals surface area (Å²) in [4.78, 5) is 12.4. The van der Waals surface area contributed by atoms with E-state index in [4.69, 9.17) is 14.2 Å². The highest BCUT2D eigenvalue weighted by molar-refractivity contribution is 5.76. The SMILES string of the molecule is CCC(=O)N[C@H]1C(C)(C)[C@@H]2C[C@@H]3[C@@H](c4cccc(OC)c4OC)OCC[C@@]31C2. The molecule has 3 fully saturated rings. The van der Waals surface area contributed by atoms with Crippen molar-refractivity contribution in [3.8, 4) is 11.5 Å². The third kappa shape index (κ3) is 2.66. The fourth-order valence-electron chi connectivity index (χ4n) is 6.49. The van der Waals surface area contributed by atoms with E-state index in [-0.39, 0.29) is 28.9 Å². The minimum atomic E-state index is -0.0269. The minimum absolute atomic E-state index is 0.0269. The van der Waals surface area contributed by atoms with Crippen LogP contribution in [0.2, 0.25) is 0 Å². The van der Waals surface area contributed by atoms with Gasteiger partial charge in [0, 0.05) is 24.6 Å². The summed E-state index contributed by atoms with van der Waals surface area (Å²) in [5.74, 6) is 2.63. The molecule has 0 aromatic heterocycles. The summed E-state index contributed by atoms with van der Waals surface area (Å²) in [6.07, 6.45) is 3.82. The van der Waals surface area contributed by atoms with Crippen LogP contribution in [0.3, 0.4) is 0 Å².